The third-order valence-electron chi connectivity index (χ3n) is 4.71. The maximum atomic E-state index is 5.93. The van der Waals surface area contributed by atoms with Gasteiger partial charge in [-0.15, -0.1) is 0 Å². The summed E-state index contributed by atoms with van der Waals surface area (Å²) in [6.07, 6.45) is 5.52. The van der Waals surface area contributed by atoms with Crippen molar-refractivity contribution in [3.05, 3.63) is 23.7 Å². The molecule has 4 rings (SSSR count). The van der Waals surface area contributed by atoms with E-state index in [1.807, 2.05) is 0 Å². The Bertz CT molecular complexity index is 442. The largest absolute Gasteiger partial charge is 0.463 e. The fraction of sp³-hybridized carbons (Fsp3) is 0.750. The van der Waals surface area contributed by atoms with E-state index in [1.54, 1.807) is 0 Å². The Balaban J connectivity index is 1.24. The quantitative estimate of drug-likeness (QED) is 0.858. The van der Waals surface area contributed by atoms with E-state index in [-0.39, 0.29) is 0 Å². The van der Waals surface area contributed by atoms with Crippen LogP contribution in [0, 0.1) is 0 Å². The van der Waals surface area contributed by atoms with E-state index in [1.165, 1.54) is 51.9 Å². The molecule has 0 amide bonds. The molecule has 0 atom stereocenters. The van der Waals surface area contributed by atoms with Gasteiger partial charge in [-0.05, 0) is 37.8 Å². The average Bonchev–Trinajstić information content (AvgIpc) is 3.38. The number of nitrogens with one attached hydrogen (secondary N) is 1. The minimum atomic E-state index is 0.749. The molecule has 3 aliphatic rings. The molecule has 2 saturated carbocycles. The first-order valence-electron chi connectivity index (χ1n) is 8.14. The lowest BCUT2D eigenvalue weighted by molar-refractivity contribution is 0.115. The molecule has 1 aromatic heterocycles. The lowest BCUT2D eigenvalue weighted by Crippen LogP contribution is -2.46. The molecule has 2 aliphatic carbocycles. The van der Waals surface area contributed by atoms with Crippen LogP contribution >= 0.6 is 0 Å². The Hall–Kier alpha value is -0.840. The number of piperazine rings is 1. The molecular formula is C16H25N3O. The van der Waals surface area contributed by atoms with Crippen LogP contribution in [0.4, 0.5) is 0 Å². The second-order valence-corrected chi connectivity index (χ2v) is 6.57. The third kappa shape index (κ3) is 3.25. The highest BCUT2D eigenvalue weighted by Crippen LogP contribution is 2.27. The number of hydrogen-bond acceptors (Lipinski definition) is 4. The lowest BCUT2D eigenvalue weighted by atomic mass is 10.3. The van der Waals surface area contributed by atoms with Crippen molar-refractivity contribution in [1.29, 1.82) is 0 Å². The SMILES string of the molecule is c1cc(CN2CCN(C3CC3)CC2)oc1CNC1CC1. The Morgan fingerprint density at radius 1 is 1.00 bits per heavy atom. The summed E-state index contributed by atoms with van der Waals surface area (Å²) in [4.78, 5) is 5.18. The highest BCUT2D eigenvalue weighted by Gasteiger charge is 2.31. The highest BCUT2D eigenvalue weighted by atomic mass is 16.3. The predicted molar refractivity (Wildman–Crippen MR) is 78.4 cm³/mol. The van der Waals surface area contributed by atoms with Crippen LogP contribution in [-0.4, -0.2) is 48.1 Å². The topological polar surface area (TPSA) is 31.6 Å². The smallest absolute Gasteiger partial charge is 0.118 e. The van der Waals surface area contributed by atoms with Gasteiger partial charge < -0.3 is 9.73 Å². The number of furan rings is 1. The molecular weight excluding hydrogens is 250 g/mol. The molecule has 3 fully saturated rings. The van der Waals surface area contributed by atoms with Crippen molar-refractivity contribution in [3.63, 3.8) is 0 Å². The monoisotopic (exact) mass is 275 g/mol. The minimum absolute atomic E-state index is 0.749. The molecule has 0 aromatic carbocycles. The van der Waals surface area contributed by atoms with Crippen molar-refractivity contribution < 1.29 is 4.42 Å². The van der Waals surface area contributed by atoms with Crippen LogP contribution in [0.3, 0.4) is 0 Å². The number of nitrogens with zero attached hydrogens (tertiary/aromatic N) is 2. The van der Waals surface area contributed by atoms with Crippen molar-refractivity contribution in [2.45, 2.75) is 50.9 Å². The van der Waals surface area contributed by atoms with Crippen molar-refractivity contribution in [1.82, 2.24) is 15.1 Å². The first-order chi connectivity index (χ1) is 9.87. The molecule has 110 valence electrons. The summed E-state index contributed by atoms with van der Waals surface area (Å²) in [6.45, 7) is 6.71. The van der Waals surface area contributed by atoms with E-state index >= 15 is 0 Å². The van der Waals surface area contributed by atoms with Crippen LogP contribution < -0.4 is 5.32 Å². The summed E-state index contributed by atoms with van der Waals surface area (Å²) < 4.78 is 5.93. The molecule has 1 saturated heterocycles. The Labute approximate surface area is 121 Å². The maximum absolute atomic E-state index is 5.93. The summed E-state index contributed by atoms with van der Waals surface area (Å²) in [7, 11) is 0. The van der Waals surface area contributed by atoms with Gasteiger partial charge in [0.15, 0.2) is 0 Å². The van der Waals surface area contributed by atoms with Crippen LogP contribution in [0.2, 0.25) is 0 Å². The van der Waals surface area contributed by atoms with Gasteiger partial charge in [0.25, 0.3) is 0 Å². The fourth-order valence-corrected chi connectivity index (χ4v) is 3.08. The van der Waals surface area contributed by atoms with E-state index < -0.39 is 0 Å². The molecule has 0 bridgehead atoms. The predicted octanol–water partition coefficient (Wildman–Crippen LogP) is 1.81. The zero-order valence-corrected chi connectivity index (χ0v) is 12.2. The summed E-state index contributed by atoms with van der Waals surface area (Å²) in [5.41, 5.74) is 0. The zero-order chi connectivity index (χ0) is 13.4. The zero-order valence-electron chi connectivity index (χ0n) is 12.2. The summed E-state index contributed by atoms with van der Waals surface area (Å²) in [5, 5.41) is 3.50. The van der Waals surface area contributed by atoms with E-state index in [2.05, 4.69) is 27.2 Å². The van der Waals surface area contributed by atoms with Gasteiger partial charge in [-0.1, -0.05) is 0 Å². The van der Waals surface area contributed by atoms with Crippen LogP contribution in [0.5, 0.6) is 0 Å². The molecule has 4 heteroatoms. The van der Waals surface area contributed by atoms with Crippen molar-refractivity contribution in [2.75, 3.05) is 26.2 Å². The second-order valence-electron chi connectivity index (χ2n) is 6.57. The van der Waals surface area contributed by atoms with E-state index in [0.29, 0.717) is 0 Å². The maximum Gasteiger partial charge on any atom is 0.118 e. The van der Waals surface area contributed by atoms with Gasteiger partial charge in [-0.3, -0.25) is 9.80 Å². The van der Waals surface area contributed by atoms with Crippen molar-refractivity contribution >= 4 is 0 Å². The fourth-order valence-electron chi connectivity index (χ4n) is 3.08. The molecule has 0 spiro atoms. The van der Waals surface area contributed by atoms with Crippen molar-refractivity contribution in [2.24, 2.45) is 0 Å². The molecule has 0 unspecified atom stereocenters. The third-order valence-corrected chi connectivity index (χ3v) is 4.71. The van der Waals surface area contributed by atoms with Crippen LogP contribution in [0.1, 0.15) is 37.2 Å². The molecule has 20 heavy (non-hydrogen) atoms. The van der Waals surface area contributed by atoms with Gasteiger partial charge in [0.1, 0.15) is 11.5 Å². The number of hydrogen-bond donors (Lipinski definition) is 1. The van der Waals surface area contributed by atoms with Crippen LogP contribution in [0.25, 0.3) is 0 Å². The van der Waals surface area contributed by atoms with E-state index in [0.717, 1.165) is 36.7 Å². The summed E-state index contributed by atoms with van der Waals surface area (Å²) >= 11 is 0. The average molecular weight is 275 g/mol. The first-order valence-corrected chi connectivity index (χ1v) is 8.14. The lowest BCUT2D eigenvalue weighted by Gasteiger charge is -2.34. The molecule has 1 N–H and O–H groups in total. The van der Waals surface area contributed by atoms with E-state index in [9.17, 15) is 0 Å². The van der Waals surface area contributed by atoms with Gasteiger partial charge in [0.05, 0.1) is 13.1 Å². The number of rotatable bonds is 6. The van der Waals surface area contributed by atoms with Crippen LogP contribution in [0.15, 0.2) is 16.5 Å². The Morgan fingerprint density at radius 2 is 1.75 bits per heavy atom. The summed E-state index contributed by atoms with van der Waals surface area (Å²) in [5.74, 6) is 2.21. The molecule has 1 aliphatic heterocycles. The molecule has 0 radical (unpaired) electrons. The highest BCUT2D eigenvalue weighted by molar-refractivity contribution is 5.07. The van der Waals surface area contributed by atoms with Gasteiger partial charge in [0, 0.05) is 38.3 Å². The molecule has 1 aromatic rings. The van der Waals surface area contributed by atoms with Gasteiger partial charge in [-0.2, -0.15) is 0 Å². The Kier molecular flexibility index (Phi) is 3.54. The van der Waals surface area contributed by atoms with Gasteiger partial charge in [-0.25, -0.2) is 0 Å². The van der Waals surface area contributed by atoms with Gasteiger partial charge >= 0.3 is 0 Å². The van der Waals surface area contributed by atoms with Gasteiger partial charge in [0.2, 0.25) is 0 Å². The second kappa shape index (κ2) is 5.51. The standard InChI is InChI=1S/C16H25N3O/c1-2-13(1)17-11-15-5-6-16(20-15)12-18-7-9-19(10-8-18)14-3-4-14/h5-6,13-14,17H,1-4,7-12H2. The normalized spacial score (nSPS) is 25.2. The Morgan fingerprint density at radius 3 is 2.45 bits per heavy atom. The molecule has 4 nitrogen and oxygen atoms in total. The van der Waals surface area contributed by atoms with Crippen molar-refractivity contribution in [3.8, 4) is 0 Å². The van der Waals surface area contributed by atoms with E-state index in [4.69, 9.17) is 4.42 Å². The summed E-state index contributed by atoms with van der Waals surface area (Å²) in [6, 6.07) is 5.95. The molecule has 2 heterocycles. The minimum Gasteiger partial charge on any atom is -0.463 e. The first kappa shape index (κ1) is 12.9. The van der Waals surface area contributed by atoms with Crippen LogP contribution in [-0.2, 0) is 13.1 Å².